The molecule has 0 bridgehead atoms. The summed E-state index contributed by atoms with van der Waals surface area (Å²) in [5.74, 6) is 0.528. The molecule has 0 radical (unpaired) electrons. The number of nitrogens with one attached hydrogen (secondary N) is 1. The average Bonchev–Trinajstić information content (AvgIpc) is 2.63. The van der Waals surface area contributed by atoms with E-state index in [1.54, 1.807) is 11.8 Å². The van der Waals surface area contributed by atoms with Crippen LogP contribution in [0.2, 0.25) is 0 Å². The first kappa shape index (κ1) is 17.7. The molecule has 2 aliphatic rings. The van der Waals surface area contributed by atoms with Crippen molar-refractivity contribution in [2.45, 2.75) is 19.4 Å². The maximum Gasteiger partial charge on any atom is 0.267 e. The number of hydrogen-bond acceptors (Lipinski definition) is 5. The molecule has 2 aliphatic heterocycles. The fourth-order valence-electron chi connectivity index (χ4n) is 3.07. The molecule has 1 N–H and O–H groups in total. The topological polar surface area (TPSA) is 71.1 Å². The van der Waals surface area contributed by atoms with Gasteiger partial charge in [-0.05, 0) is 19.1 Å². The third-order valence-electron chi connectivity index (χ3n) is 4.49. The number of benzene rings is 1. The number of amides is 2. The quantitative estimate of drug-likeness (QED) is 0.818. The van der Waals surface area contributed by atoms with E-state index in [0.29, 0.717) is 18.8 Å². The second-order valence-corrected chi connectivity index (χ2v) is 6.27. The van der Waals surface area contributed by atoms with E-state index in [-0.39, 0.29) is 18.2 Å². The summed E-state index contributed by atoms with van der Waals surface area (Å²) in [6, 6.07) is 7.42. The van der Waals surface area contributed by atoms with E-state index in [2.05, 4.69) is 10.2 Å². The first-order valence-corrected chi connectivity index (χ1v) is 8.79. The van der Waals surface area contributed by atoms with Gasteiger partial charge in [0.2, 0.25) is 5.91 Å². The van der Waals surface area contributed by atoms with Crippen molar-refractivity contribution < 1.29 is 19.1 Å². The maximum atomic E-state index is 12.4. The molecule has 1 aromatic carbocycles. The molecule has 0 aliphatic carbocycles. The summed E-state index contributed by atoms with van der Waals surface area (Å²) >= 11 is 0. The van der Waals surface area contributed by atoms with Crippen LogP contribution in [-0.4, -0.2) is 68.8 Å². The van der Waals surface area contributed by atoms with Crippen LogP contribution in [-0.2, 0) is 14.3 Å². The Balaban J connectivity index is 1.47. The molecule has 0 aromatic heterocycles. The highest BCUT2D eigenvalue weighted by atomic mass is 16.5. The number of carbonyl (C=O) groups is 2. The van der Waals surface area contributed by atoms with Crippen molar-refractivity contribution in [3.63, 3.8) is 0 Å². The van der Waals surface area contributed by atoms with Crippen LogP contribution in [0.3, 0.4) is 0 Å². The Kier molecular flexibility index (Phi) is 5.88. The monoisotopic (exact) mass is 347 g/mol. The number of fused-ring (bicyclic) bond motifs is 1. The van der Waals surface area contributed by atoms with Crippen LogP contribution >= 0.6 is 0 Å². The second kappa shape index (κ2) is 8.31. The van der Waals surface area contributed by atoms with Gasteiger partial charge in [0.1, 0.15) is 5.75 Å². The standard InChI is InChI=1S/C18H25N3O4/c1-14-18(23)21(15-4-2-3-5-16(15)25-14)8-6-17(22)19-7-9-20-10-12-24-13-11-20/h2-5,14H,6-13H2,1H3,(H,19,22). The molecule has 0 spiro atoms. The Morgan fingerprint density at radius 2 is 2.00 bits per heavy atom. The molecule has 2 heterocycles. The summed E-state index contributed by atoms with van der Waals surface area (Å²) in [5, 5.41) is 2.93. The van der Waals surface area contributed by atoms with Gasteiger partial charge in [-0.2, -0.15) is 0 Å². The number of hydrogen-bond donors (Lipinski definition) is 1. The third-order valence-corrected chi connectivity index (χ3v) is 4.49. The zero-order valence-electron chi connectivity index (χ0n) is 14.6. The lowest BCUT2D eigenvalue weighted by Gasteiger charge is -2.32. The van der Waals surface area contributed by atoms with Gasteiger partial charge in [-0.25, -0.2) is 0 Å². The maximum absolute atomic E-state index is 12.4. The van der Waals surface area contributed by atoms with E-state index >= 15 is 0 Å². The predicted octanol–water partition coefficient (Wildman–Crippen LogP) is 0.639. The van der Waals surface area contributed by atoms with Gasteiger partial charge in [0.05, 0.1) is 18.9 Å². The molecule has 3 rings (SSSR count). The highest BCUT2D eigenvalue weighted by Crippen LogP contribution is 2.33. The smallest absolute Gasteiger partial charge is 0.267 e. The molecule has 7 nitrogen and oxygen atoms in total. The van der Waals surface area contributed by atoms with Crippen LogP contribution < -0.4 is 15.0 Å². The third kappa shape index (κ3) is 4.49. The van der Waals surface area contributed by atoms with Crippen molar-refractivity contribution in [1.82, 2.24) is 10.2 Å². The number of anilines is 1. The largest absolute Gasteiger partial charge is 0.479 e. The lowest BCUT2D eigenvalue weighted by atomic mass is 10.1. The summed E-state index contributed by atoms with van der Waals surface area (Å²) in [6.07, 6.45) is -0.255. The number of nitrogens with zero attached hydrogens (tertiary/aromatic N) is 2. The summed E-state index contributed by atoms with van der Waals surface area (Å²) in [4.78, 5) is 28.4. The summed E-state index contributed by atoms with van der Waals surface area (Å²) in [6.45, 7) is 6.85. The van der Waals surface area contributed by atoms with Crippen molar-refractivity contribution in [2.24, 2.45) is 0 Å². The van der Waals surface area contributed by atoms with Crippen molar-refractivity contribution in [3.8, 4) is 5.75 Å². The zero-order valence-corrected chi connectivity index (χ0v) is 14.6. The van der Waals surface area contributed by atoms with Gasteiger partial charge in [-0.1, -0.05) is 12.1 Å². The van der Waals surface area contributed by atoms with E-state index in [1.165, 1.54) is 0 Å². The van der Waals surface area contributed by atoms with Crippen LogP contribution in [0.5, 0.6) is 5.75 Å². The van der Waals surface area contributed by atoms with Gasteiger partial charge >= 0.3 is 0 Å². The fourth-order valence-corrected chi connectivity index (χ4v) is 3.07. The number of ether oxygens (including phenoxy) is 2. The first-order valence-electron chi connectivity index (χ1n) is 8.79. The molecule has 2 amide bonds. The number of carbonyl (C=O) groups excluding carboxylic acids is 2. The van der Waals surface area contributed by atoms with Crippen molar-refractivity contribution in [3.05, 3.63) is 24.3 Å². The summed E-state index contributed by atoms with van der Waals surface area (Å²) < 4.78 is 10.9. The minimum absolute atomic E-state index is 0.0438. The van der Waals surface area contributed by atoms with Crippen LogP contribution in [0.25, 0.3) is 0 Å². The van der Waals surface area contributed by atoms with Gasteiger partial charge in [0, 0.05) is 39.1 Å². The Morgan fingerprint density at radius 1 is 1.24 bits per heavy atom. The number of rotatable bonds is 6. The van der Waals surface area contributed by atoms with Gasteiger partial charge < -0.3 is 19.7 Å². The van der Waals surface area contributed by atoms with E-state index in [0.717, 1.165) is 38.5 Å². The highest BCUT2D eigenvalue weighted by Gasteiger charge is 2.31. The van der Waals surface area contributed by atoms with Crippen molar-refractivity contribution in [2.75, 3.05) is 50.8 Å². The molecule has 1 saturated heterocycles. The number of morpholine rings is 1. The van der Waals surface area contributed by atoms with Crippen LogP contribution in [0.1, 0.15) is 13.3 Å². The highest BCUT2D eigenvalue weighted by molar-refractivity contribution is 6.00. The van der Waals surface area contributed by atoms with E-state index in [9.17, 15) is 9.59 Å². The molecular weight excluding hydrogens is 322 g/mol. The molecule has 1 unspecified atom stereocenters. The zero-order chi connectivity index (χ0) is 17.6. The molecule has 0 saturated carbocycles. The molecule has 7 heteroatoms. The van der Waals surface area contributed by atoms with Gasteiger partial charge in [-0.3, -0.25) is 14.5 Å². The van der Waals surface area contributed by atoms with E-state index in [4.69, 9.17) is 9.47 Å². The van der Waals surface area contributed by atoms with Gasteiger partial charge in [0.25, 0.3) is 5.91 Å². The Labute approximate surface area is 147 Å². The normalized spacial score (nSPS) is 20.8. The van der Waals surface area contributed by atoms with E-state index in [1.807, 2.05) is 24.3 Å². The fraction of sp³-hybridized carbons (Fsp3) is 0.556. The molecule has 1 fully saturated rings. The number of para-hydroxylation sites is 2. The Bertz CT molecular complexity index is 616. The van der Waals surface area contributed by atoms with Crippen molar-refractivity contribution >= 4 is 17.5 Å². The predicted molar refractivity (Wildman–Crippen MR) is 93.8 cm³/mol. The average molecular weight is 347 g/mol. The van der Waals surface area contributed by atoms with Gasteiger partial charge in [-0.15, -0.1) is 0 Å². The van der Waals surface area contributed by atoms with Crippen LogP contribution in [0.4, 0.5) is 5.69 Å². The second-order valence-electron chi connectivity index (χ2n) is 6.27. The molecule has 1 atom stereocenters. The van der Waals surface area contributed by atoms with Crippen LogP contribution in [0.15, 0.2) is 24.3 Å². The minimum Gasteiger partial charge on any atom is -0.479 e. The summed E-state index contributed by atoms with van der Waals surface area (Å²) in [5.41, 5.74) is 0.728. The van der Waals surface area contributed by atoms with Crippen LogP contribution in [0, 0.1) is 0 Å². The SMILES string of the molecule is CC1Oc2ccccc2N(CCC(=O)NCCN2CCOCC2)C1=O. The lowest BCUT2D eigenvalue weighted by molar-refractivity contribution is -0.125. The Hall–Kier alpha value is -2.12. The lowest BCUT2D eigenvalue weighted by Crippen LogP contribution is -2.46. The molecule has 1 aromatic rings. The van der Waals surface area contributed by atoms with E-state index < -0.39 is 6.10 Å². The molecule has 25 heavy (non-hydrogen) atoms. The van der Waals surface area contributed by atoms with Crippen molar-refractivity contribution in [1.29, 1.82) is 0 Å². The summed E-state index contributed by atoms with van der Waals surface area (Å²) in [7, 11) is 0. The Morgan fingerprint density at radius 3 is 2.80 bits per heavy atom. The van der Waals surface area contributed by atoms with Gasteiger partial charge in [0.15, 0.2) is 6.10 Å². The molecule has 136 valence electrons. The first-order chi connectivity index (χ1) is 12.1. The minimum atomic E-state index is -0.528. The molecular formula is C18H25N3O4.